The van der Waals surface area contributed by atoms with Gasteiger partial charge in [-0.25, -0.2) is 4.68 Å². The lowest BCUT2D eigenvalue weighted by molar-refractivity contribution is -0.115. The Morgan fingerprint density at radius 1 is 1.24 bits per heavy atom. The Labute approximate surface area is 133 Å². The number of halogens is 1. The van der Waals surface area contributed by atoms with Crippen LogP contribution in [-0.2, 0) is 4.79 Å². The molecular weight excluding hydrogens is 306 g/mol. The normalized spacial score (nSPS) is 12.4. The van der Waals surface area contributed by atoms with Gasteiger partial charge >= 0.3 is 0 Å². The average Bonchev–Trinajstić information content (AvgIpc) is 2.89. The summed E-state index contributed by atoms with van der Waals surface area (Å²) in [5.74, 6) is 0.677. The van der Waals surface area contributed by atoms with Gasteiger partial charge < -0.3 is 5.32 Å². The second-order valence-electron chi connectivity index (χ2n) is 4.96. The van der Waals surface area contributed by atoms with Crippen molar-refractivity contribution in [1.82, 2.24) is 9.78 Å². The van der Waals surface area contributed by atoms with Crippen LogP contribution in [0.15, 0.2) is 41.4 Å². The van der Waals surface area contributed by atoms with Crippen molar-refractivity contribution in [3.63, 3.8) is 0 Å². The van der Waals surface area contributed by atoms with E-state index in [0.717, 1.165) is 10.7 Å². The second kappa shape index (κ2) is 7.00. The number of hydrogen-bond acceptors (Lipinski definition) is 3. The summed E-state index contributed by atoms with van der Waals surface area (Å²) in [6.07, 6.45) is 1.69. The Morgan fingerprint density at radius 2 is 1.90 bits per heavy atom. The van der Waals surface area contributed by atoms with Crippen molar-refractivity contribution in [3.8, 4) is 0 Å². The van der Waals surface area contributed by atoms with Gasteiger partial charge in [0.15, 0.2) is 0 Å². The topological polar surface area (TPSA) is 46.9 Å². The van der Waals surface area contributed by atoms with Crippen LogP contribution in [0.3, 0.4) is 0 Å². The summed E-state index contributed by atoms with van der Waals surface area (Å²) < 4.78 is 1.79. The minimum atomic E-state index is -0.207. The smallest absolute Gasteiger partial charge is 0.238 e. The van der Waals surface area contributed by atoms with Crippen LogP contribution in [0.1, 0.15) is 26.8 Å². The molecule has 6 heteroatoms. The predicted molar refractivity (Wildman–Crippen MR) is 88.0 cm³/mol. The van der Waals surface area contributed by atoms with E-state index in [1.165, 1.54) is 11.8 Å². The summed E-state index contributed by atoms with van der Waals surface area (Å²) in [4.78, 5) is 13.3. The van der Waals surface area contributed by atoms with Gasteiger partial charge in [-0.2, -0.15) is 5.10 Å². The van der Waals surface area contributed by atoms with E-state index in [4.69, 9.17) is 11.6 Å². The minimum Gasteiger partial charge on any atom is -0.310 e. The van der Waals surface area contributed by atoms with Crippen molar-refractivity contribution in [3.05, 3.63) is 41.6 Å². The number of thioether (sulfide) groups is 1. The maximum atomic E-state index is 12.3. The standard InChI is InChI=1S/C15H18ClN3OS/c1-10(2)19-14(8-9-17-19)18-15(20)11(3)21-13-6-4-12(16)5-7-13/h4-11H,1-3H3,(H,18,20)/t11-/m1/s1. The number of nitrogens with one attached hydrogen (secondary N) is 1. The molecule has 1 atom stereocenters. The Kier molecular flexibility index (Phi) is 5.31. The van der Waals surface area contributed by atoms with E-state index in [-0.39, 0.29) is 17.2 Å². The lowest BCUT2D eigenvalue weighted by atomic mass is 10.4. The van der Waals surface area contributed by atoms with E-state index in [9.17, 15) is 4.79 Å². The van der Waals surface area contributed by atoms with Crippen molar-refractivity contribution >= 4 is 35.1 Å². The van der Waals surface area contributed by atoms with E-state index in [1.54, 1.807) is 16.9 Å². The van der Waals surface area contributed by atoms with E-state index in [2.05, 4.69) is 10.4 Å². The summed E-state index contributed by atoms with van der Waals surface area (Å²) in [6, 6.07) is 9.47. The molecule has 0 aliphatic heterocycles. The van der Waals surface area contributed by atoms with E-state index in [0.29, 0.717) is 5.02 Å². The first-order chi connectivity index (χ1) is 9.97. The molecule has 1 aromatic heterocycles. The molecule has 4 nitrogen and oxygen atoms in total. The average molecular weight is 324 g/mol. The van der Waals surface area contributed by atoms with Crippen LogP contribution in [0.4, 0.5) is 5.82 Å². The quantitative estimate of drug-likeness (QED) is 0.837. The van der Waals surface area contributed by atoms with Gasteiger partial charge in [0.05, 0.1) is 11.4 Å². The number of rotatable bonds is 5. The molecular formula is C15H18ClN3OS. The molecule has 1 amide bonds. The van der Waals surface area contributed by atoms with Gasteiger partial charge in [-0.3, -0.25) is 4.79 Å². The first kappa shape index (κ1) is 15.9. The fourth-order valence-electron chi connectivity index (χ4n) is 1.82. The van der Waals surface area contributed by atoms with Crippen LogP contribution in [0.25, 0.3) is 0 Å². The van der Waals surface area contributed by atoms with Crippen LogP contribution in [0.5, 0.6) is 0 Å². The first-order valence-corrected chi connectivity index (χ1v) is 7.99. The van der Waals surface area contributed by atoms with Gasteiger partial charge in [-0.15, -0.1) is 11.8 Å². The van der Waals surface area contributed by atoms with E-state index >= 15 is 0 Å². The molecule has 0 saturated heterocycles. The Bertz CT molecular complexity index is 610. The van der Waals surface area contributed by atoms with Crippen molar-refractivity contribution in [2.75, 3.05) is 5.32 Å². The summed E-state index contributed by atoms with van der Waals surface area (Å²) in [5.41, 5.74) is 0. The molecule has 0 fully saturated rings. The van der Waals surface area contributed by atoms with Crippen LogP contribution >= 0.6 is 23.4 Å². The number of hydrogen-bond donors (Lipinski definition) is 1. The van der Waals surface area contributed by atoms with Gasteiger partial charge in [-0.1, -0.05) is 11.6 Å². The maximum Gasteiger partial charge on any atom is 0.238 e. The zero-order valence-electron chi connectivity index (χ0n) is 12.2. The molecule has 0 spiro atoms. The molecule has 0 aliphatic carbocycles. The van der Waals surface area contributed by atoms with Gasteiger partial charge in [0.2, 0.25) is 5.91 Å². The van der Waals surface area contributed by atoms with E-state index in [1.807, 2.05) is 45.0 Å². The molecule has 1 N–H and O–H groups in total. The maximum absolute atomic E-state index is 12.3. The summed E-state index contributed by atoms with van der Waals surface area (Å²) >= 11 is 7.35. The van der Waals surface area contributed by atoms with Gasteiger partial charge in [-0.05, 0) is 45.0 Å². The lowest BCUT2D eigenvalue weighted by Crippen LogP contribution is -2.24. The van der Waals surface area contributed by atoms with E-state index < -0.39 is 0 Å². The number of amides is 1. The Balaban J connectivity index is 1.99. The van der Waals surface area contributed by atoms with Gasteiger partial charge in [0, 0.05) is 22.0 Å². The van der Waals surface area contributed by atoms with Crippen LogP contribution in [0, 0.1) is 0 Å². The molecule has 1 aromatic carbocycles. The van der Waals surface area contributed by atoms with Gasteiger partial charge in [0.1, 0.15) is 5.82 Å². The highest BCUT2D eigenvalue weighted by atomic mass is 35.5. The monoisotopic (exact) mass is 323 g/mol. The van der Waals surface area contributed by atoms with Crippen molar-refractivity contribution in [2.45, 2.75) is 37.0 Å². The largest absolute Gasteiger partial charge is 0.310 e. The highest BCUT2D eigenvalue weighted by Gasteiger charge is 2.17. The molecule has 2 rings (SSSR count). The summed E-state index contributed by atoms with van der Waals surface area (Å²) in [7, 11) is 0. The van der Waals surface area contributed by atoms with Gasteiger partial charge in [0.25, 0.3) is 0 Å². The molecule has 0 radical (unpaired) electrons. The molecule has 0 unspecified atom stereocenters. The van der Waals surface area contributed by atoms with Crippen molar-refractivity contribution in [2.24, 2.45) is 0 Å². The molecule has 0 saturated carbocycles. The third-order valence-electron chi connectivity index (χ3n) is 2.91. The Hall–Kier alpha value is -1.46. The molecule has 112 valence electrons. The SMILES string of the molecule is CC(C)n1nccc1NC(=O)[C@@H](C)Sc1ccc(Cl)cc1. The van der Waals surface area contributed by atoms with Crippen molar-refractivity contribution in [1.29, 1.82) is 0 Å². The highest BCUT2D eigenvalue weighted by molar-refractivity contribution is 8.00. The van der Waals surface area contributed by atoms with Crippen LogP contribution in [-0.4, -0.2) is 20.9 Å². The zero-order valence-corrected chi connectivity index (χ0v) is 13.8. The number of carbonyl (C=O) groups excluding carboxylic acids is 1. The zero-order chi connectivity index (χ0) is 15.4. The molecule has 0 aliphatic rings. The van der Waals surface area contributed by atoms with Crippen LogP contribution in [0.2, 0.25) is 5.02 Å². The minimum absolute atomic E-state index is 0.0441. The van der Waals surface area contributed by atoms with Crippen molar-refractivity contribution < 1.29 is 4.79 Å². The number of nitrogens with zero attached hydrogens (tertiary/aromatic N) is 2. The third kappa shape index (κ3) is 4.25. The summed E-state index contributed by atoms with van der Waals surface area (Å²) in [5, 5.41) is 7.61. The molecule has 2 aromatic rings. The predicted octanol–water partition coefficient (Wildman–Crippen LogP) is 4.24. The molecule has 21 heavy (non-hydrogen) atoms. The molecule has 0 bridgehead atoms. The summed E-state index contributed by atoms with van der Waals surface area (Å²) in [6.45, 7) is 5.92. The first-order valence-electron chi connectivity index (χ1n) is 6.74. The Morgan fingerprint density at radius 3 is 2.52 bits per heavy atom. The third-order valence-corrected chi connectivity index (χ3v) is 4.27. The molecule has 1 heterocycles. The number of aromatic nitrogens is 2. The highest BCUT2D eigenvalue weighted by Crippen LogP contribution is 2.25. The fourth-order valence-corrected chi connectivity index (χ4v) is 2.82. The number of benzene rings is 1. The number of carbonyl (C=O) groups is 1. The second-order valence-corrected chi connectivity index (χ2v) is 6.81. The number of anilines is 1. The lowest BCUT2D eigenvalue weighted by Gasteiger charge is -2.15. The fraction of sp³-hybridized carbons (Fsp3) is 0.333. The van der Waals surface area contributed by atoms with Crippen LogP contribution < -0.4 is 5.32 Å².